The number of rotatable bonds is 6. The largest absolute Gasteiger partial charge is 0.340 e. The number of nitrogens with one attached hydrogen (secondary N) is 3. The van der Waals surface area contributed by atoms with Gasteiger partial charge in [0.2, 0.25) is 11.8 Å². The molecule has 3 rings (SSSR count). The molecule has 0 bridgehead atoms. The molecule has 142 valence electrons. The Morgan fingerprint density at radius 3 is 2.19 bits per heavy atom. The van der Waals surface area contributed by atoms with Gasteiger partial charge in [-0.25, -0.2) is 0 Å². The summed E-state index contributed by atoms with van der Waals surface area (Å²) in [6.07, 6.45) is 1.27. The summed E-state index contributed by atoms with van der Waals surface area (Å²) in [5, 5.41) is 9.49. The molecule has 2 amide bonds. The molecule has 0 unspecified atom stereocenters. The summed E-state index contributed by atoms with van der Waals surface area (Å²) in [6, 6.07) is 7.82. The highest BCUT2D eigenvalue weighted by Crippen LogP contribution is 2.12. The molecule has 2 fully saturated rings. The number of piperazine rings is 2. The van der Waals surface area contributed by atoms with Crippen LogP contribution in [0.3, 0.4) is 0 Å². The number of carbonyl (C=O) groups is 2. The number of anilines is 1. The van der Waals surface area contributed by atoms with E-state index < -0.39 is 0 Å². The summed E-state index contributed by atoms with van der Waals surface area (Å²) >= 11 is 0. The van der Waals surface area contributed by atoms with E-state index in [-0.39, 0.29) is 11.8 Å². The maximum absolute atomic E-state index is 12.2. The van der Waals surface area contributed by atoms with Gasteiger partial charge in [-0.05, 0) is 24.1 Å². The van der Waals surface area contributed by atoms with Crippen LogP contribution in [-0.4, -0.2) is 80.5 Å². The number of nitrogens with zero attached hydrogens (tertiary/aromatic N) is 2. The van der Waals surface area contributed by atoms with Crippen LogP contribution in [-0.2, 0) is 16.0 Å². The number of hydrogen-bond acceptors (Lipinski definition) is 5. The number of amides is 2. The third-order valence-corrected chi connectivity index (χ3v) is 4.91. The third kappa shape index (κ3) is 5.79. The zero-order valence-corrected chi connectivity index (χ0v) is 15.3. The first-order valence-corrected chi connectivity index (χ1v) is 9.51. The van der Waals surface area contributed by atoms with Gasteiger partial charge in [-0.15, -0.1) is 0 Å². The number of carbonyl (C=O) groups excluding carboxylic acids is 2. The van der Waals surface area contributed by atoms with Crippen LogP contribution in [0.2, 0.25) is 0 Å². The number of aryl methyl sites for hydroxylation is 1. The Morgan fingerprint density at radius 2 is 1.54 bits per heavy atom. The number of benzene rings is 1. The molecule has 0 radical (unpaired) electrons. The SMILES string of the molecule is O=C(CN1CCNCC1)Nc1ccc(CCC(=O)N2CCNCC2)cc1. The van der Waals surface area contributed by atoms with Crippen molar-refractivity contribution in [3.8, 4) is 0 Å². The lowest BCUT2D eigenvalue weighted by Gasteiger charge is -2.27. The van der Waals surface area contributed by atoms with E-state index in [1.807, 2.05) is 29.2 Å². The van der Waals surface area contributed by atoms with Crippen molar-refractivity contribution in [2.45, 2.75) is 12.8 Å². The fourth-order valence-corrected chi connectivity index (χ4v) is 3.35. The van der Waals surface area contributed by atoms with Crippen molar-refractivity contribution in [2.75, 3.05) is 64.2 Å². The lowest BCUT2D eigenvalue weighted by atomic mass is 10.1. The van der Waals surface area contributed by atoms with Crippen LogP contribution in [0.4, 0.5) is 5.69 Å². The van der Waals surface area contributed by atoms with Crippen LogP contribution in [0.25, 0.3) is 0 Å². The lowest BCUT2D eigenvalue weighted by molar-refractivity contribution is -0.131. The second kappa shape index (κ2) is 9.66. The minimum Gasteiger partial charge on any atom is -0.340 e. The van der Waals surface area contributed by atoms with Crippen LogP contribution in [0.15, 0.2) is 24.3 Å². The number of hydrogen-bond donors (Lipinski definition) is 3. The van der Waals surface area contributed by atoms with Crippen molar-refractivity contribution >= 4 is 17.5 Å². The average molecular weight is 359 g/mol. The Kier molecular flexibility index (Phi) is 6.99. The molecule has 2 aliphatic heterocycles. The van der Waals surface area contributed by atoms with Gasteiger partial charge in [-0.1, -0.05) is 12.1 Å². The minimum absolute atomic E-state index is 0.0218. The lowest BCUT2D eigenvalue weighted by Crippen LogP contribution is -2.46. The Hall–Kier alpha value is -1.96. The van der Waals surface area contributed by atoms with Crippen molar-refractivity contribution in [3.05, 3.63) is 29.8 Å². The van der Waals surface area contributed by atoms with Crippen molar-refractivity contribution in [1.82, 2.24) is 20.4 Å². The van der Waals surface area contributed by atoms with Gasteiger partial charge in [-0.2, -0.15) is 0 Å². The van der Waals surface area contributed by atoms with Gasteiger partial charge in [0, 0.05) is 64.5 Å². The van der Waals surface area contributed by atoms with Crippen molar-refractivity contribution in [3.63, 3.8) is 0 Å². The normalized spacial score (nSPS) is 18.5. The van der Waals surface area contributed by atoms with E-state index in [9.17, 15) is 9.59 Å². The average Bonchev–Trinajstić information content (AvgIpc) is 2.68. The van der Waals surface area contributed by atoms with E-state index in [4.69, 9.17) is 0 Å². The minimum atomic E-state index is 0.0218. The Bertz CT molecular complexity index is 592. The second-order valence-electron chi connectivity index (χ2n) is 6.90. The summed E-state index contributed by atoms with van der Waals surface area (Å²) < 4.78 is 0. The van der Waals surface area contributed by atoms with E-state index >= 15 is 0 Å². The molecule has 0 saturated carbocycles. The fourth-order valence-electron chi connectivity index (χ4n) is 3.35. The van der Waals surface area contributed by atoms with E-state index in [2.05, 4.69) is 20.9 Å². The topological polar surface area (TPSA) is 76.7 Å². The smallest absolute Gasteiger partial charge is 0.238 e. The van der Waals surface area contributed by atoms with Gasteiger partial charge < -0.3 is 20.9 Å². The first-order chi connectivity index (χ1) is 12.7. The maximum atomic E-state index is 12.2. The van der Waals surface area contributed by atoms with Gasteiger partial charge in [0.05, 0.1) is 6.54 Å². The van der Waals surface area contributed by atoms with Gasteiger partial charge in [0.1, 0.15) is 0 Å². The van der Waals surface area contributed by atoms with E-state index in [1.165, 1.54) is 0 Å². The summed E-state index contributed by atoms with van der Waals surface area (Å²) in [4.78, 5) is 28.4. The highest BCUT2D eigenvalue weighted by atomic mass is 16.2. The van der Waals surface area contributed by atoms with Crippen LogP contribution < -0.4 is 16.0 Å². The molecule has 0 atom stereocenters. The first kappa shape index (κ1) is 18.8. The van der Waals surface area contributed by atoms with E-state index in [0.29, 0.717) is 13.0 Å². The quantitative estimate of drug-likeness (QED) is 0.661. The molecule has 0 aliphatic carbocycles. The Balaban J connectivity index is 1.41. The zero-order chi connectivity index (χ0) is 18.2. The second-order valence-corrected chi connectivity index (χ2v) is 6.90. The molecular weight excluding hydrogens is 330 g/mol. The molecule has 7 nitrogen and oxygen atoms in total. The predicted molar refractivity (Wildman–Crippen MR) is 102 cm³/mol. The molecule has 1 aromatic rings. The molecule has 7 heteroatoms. The molecule has 1 aromatic carbocycles. The molecule has 0 aromatic heterocycles. The molecule has 3 N–H and O–H groups in total. The van der Waals surface area contributed by atoms with Crippen molar-refractivity contribution in [2.24, 2.45) is 0 Å². The fraction of sp³-hybridized carbons (Fsp3) is 0.579. The van der Waals surface area contributed by atoms with Crippen LogP contribution in [0.5, 0.6) is 0 Å². The van der Waals surface area contributed by atoms with Gasteiger partial charge in [0.15, 0.2) is 0 Å². The van der Waals surface area contributed by atoms with Crippen LogP contribution in [0, 0.1) is 0 Å². The molecule has 0 spiro atoms. The summed E-state index contributed by atoms with van der Waals surface area (Å²) in [5.74, 6) is 0.244. The highest BCUT2D eigenvalue weighted by Gasteiger charge is 2.16. The van der Waals surface area contributed by atoms with Gasteiger partial charge >= 0.3 is 0 Å². The highest BCUT2D eigenvalue weighted by molar-refractivity contribution is 5.92. The zero-order valence-electron chi connectivity index (χ0n) is 15.3. The van der Waals surface area contributed by atoms with Crippen molar-refractivity contribution < 1.29 is 9.59 Å². The Labute approximate surface area is 155 Å². The maximum Gasteiger partial charge on any atom is 0.238 e. The standard InChI is InChI=1S/C19H29N5O2/c25-18(15-23-11-7-20-8-12-23)22-17-4-1-16(2-5-17)3-6-19(26)24-13-9-21-10-14-24/h1-2,4-5,20-21H,3,6-15H2,(H,22,25). The van der Waals surface area contributed by atoms with Gasteiger partial charge in [0.25, 0.3) is 0 Å². The predicted octanol–water partition coefficient (Wildman–Crippen LogP) is -0.105. The third-order valence-electron chi connectivity index (χ3n) is 4.91. The Morgan fingerprint density at radius 1 is 0.923 bits per heavy atom. The summed E-state index contributed by atoms with van der Waals surface area (Å²) in [7, 11) is 0. The first-order valence-electron chi connectivity index (χ1n) is 9.51. The molecule has 2 heterocycles. The van der Waals surface area contributed by atoms with Crippen LogP contribution >= 0.6 is 0 Å². The molecule has 2 aliphatic rings. The van der Waals surface area contributed by atoms with Crippen LogP contribution in [0.1, 0.15) is 12.0 Å². The summed E-state index contributed by atoms with van der Waals surface area (Å²) in [6.45, 7) is 7.50. The molecule has 2 saturated heterocycles. The summed E-state index contributed by atoms with van der Waals surface area (Å²) in [5.41, 5.74) is 1.93. The van der Waals surface area contributed by atoms with E-state index in [0.717, 1.165) is 70.0 Å². The van der Waals surface area contributed by atoms with Crippen molar-refractivity contribution in [1.29, 1.82) is 0 Å². The molecule has 26 heavy (non-hydrogen) atoms. The molecular formula is C19H29N5O2. The monoisotopic (exact) mass is 359 g/mol. The van der Waals surface area contributed by atoms with E-state index in [1.54, 1.807) is 0 Å². The van der Waals surface area contributed by atoms with Gasteiger partial charge in [-0.3, -0.25) is 14.5 Å².